The van der Waals surface area contributed by atoms with Gasteiger partial charge in [-0.1, -0.05) is 162 Å². The van der Waals surface area contributed by atoms with Crippen molar-refractivity contribution in [1.82, 2.24) is 0 Å². The Morgan fingerprint density at radius 3 is 1.34 bits per heavy atom. The van der Waals surface area contributed by atoms with Crippen molar-refractivity contribution >= 4 is 152 Å². The van der Waals surface area contributed by atoms with E-state index in [9.17, 15) is 38.4 Å². The van der Waals surface area contributed by atoms with Crippen LogP contribution in [-0.4, -0.2) is 53.9 Å². The molecular formula is C56H65Cl9O9. The third kappa shape index (κ3) is 42.4. The van der Waals surface area contributed by atoms with Crippen LogP contribution in [0.2, 0.25) is 0 Å². The van der Waals surface area contributed by atoms with E-state index in [0.717, 1.165) is 42.4 Å². The van der Waals surface area contributed by atoms with E-state index >= 15 is 0 Å². The van der Waals surface area contributed by atoms with E-state index in [1.54, 1.807) is 38.1 Å². The second-order valence-corrected chi connectivity index (χ2v) is 19.3. The third-order valence-electron chi connectivity index (χ3n) is 9.34. The molecule has 0 amide bonds. The number of allylic oxidation sites excluding steroid dienone is 3. The minimum Gasteiger partial charge on any atom is -0.482 e. The maximum atomic E-state index is 10.9. The van der Waals surface area contributed by atoms with Crippen LogP contribution in [0.3, 0.4) is 0 Å². The molecule has 4 aromatic carbocycles. The molecule has 0 aromatic heterocycles. The molecule has 4 aromatic rings. The van der Waals surface area contributed by atoms with Gasteiger partial charge in [-0.25, -0.2) is 0 Å². The molecule has 0 saturated heterocycles. The number of rotatable bonds is 20. The van der Waals surface area contributed by atoms with Crippen LogP contribution < -0.4 is 4.74 Å². The van der Waals surface area contributed by atoms with E-state index in [4.69, 9.17) is 109 Å². The summed E-state index contributed by atoms with van der Waals surface area (Å²) in [5, 5.41) is -3.59. The van der Waals surface area contributed by atoms with Gasteiger partial charge in [-0.2, -0.15) is 0 Å². The second-order valence-electron chi connectivity index (χ2n) is 15.9. The number of alkyl halides is 1. The monoisotopic (exact) mass is 1200 g/mol. The summed E-state index contributed by atoms with van der Waals surface area (Å²) in [6, 6.07) is 35.9. The first kappa shape index (κ1) is 74.4. The molecule has 0 fully saturated rings. The number of benzene rings is 4. The lowest BCUT2D eigenvalue weighted by Gasteiger charge is -2.09. The van der Waals surface area contributed by atoms with Crippen molar-refractivity contribution in [2.45, 2.75) is 106 Å². The maximum absolute atomic E-state index is 10.9. The Labute approximate surface area is 482 Å². The molecule has 4 rings (SSSR count). The predicted molar refractivity (Wildman–Crippen MR) is 309 cm³/mol. The molecule has 3 atom stereocenters. The van der Waals surface area contributed by atoms with Crippen LogP contribution in [-0.2, 0) is 44.8 Å². The van der Waals surface area contributed by atoms with Gasteiger partial charge in [-0.3, -0.25) is 38.4 Å². The van der Waals surface area contributed by atoms with Gasteiger partial charge in [0.25, 0.3) is 15.7 Å². The van der Waals surface area contributed by atoms with Crippen molar-refractivity contribution in [1.29, 1.82) is 0 Å². The van der Waals surface area contributed by atoms with Gasteiger partial charge in [-0.05, 0) is 173 Å². The lowest BCUT2D eigenvalue weighted by molar-refractivity contribution is -0.117. The third-order valence-corrected chi connectivity index (χ3v) is 11.8. The number of aryl methyl sites for hydroxylation is 1. The minimum absolute atomic E-state index is 0.0802. The lowest BCUT2D eigenvalue weighted by atomic mass is 9.98. The molecule has 0 radical (unpaired) electrons. The summed E-state index contributed by atoms with van der Waals surface area (Å²) < 4.78 is 5.19. The molecule has 0 N–H and O–H groups in total. The number of hydrogen-bond acceptors (Lipinski definition) is 9. The highest BCUT2D eigenvalue weighted by Crippen LogP contribution is 2.21. The summed E-state index contributed by atoms with van der Waals surface area (Å²) in [6.45, 7) is 15.3. The summed E-state index contributed by atoms with van der Waals surface area (Å²) in [5.41, 5.74) is 3.86. The van der Waals surface area contributed by atoms with Crippen molar-refractivity contribution < 1.29 is 43.1 Å². The first-order chi connectivity index (χ1) is 34.8. The molecule has 0 spiro atoms. The smallest absolute Gasteiger partial charge is 0.262 e. The largest absolute Gasteiger partial charge is 0.482 e. The zero-order valence-corrected chi connectivity index (χ0v) is 49.4. The number of hydrogen-bond donors (Lipinski definition) is 0. The lowest BCUT2D eigenvalue weighted by Crippen LogP contribution is -2.18. The van der Waals surface area contributed by atoms with Gasteiger partial charge >= 0.3 is 0 Å². The fraction of sp³-hybridized carbons (Fsp3) is 0.357. The Balaban J connectivity index is -0.000000809. The van der Waals surface area contributed by atoms with Crippen molar-refractivity contribution in [3.8, 4) is 5.75 Å². The van der Waals surface area contributed by atoms with Gasteiger partial charge < -0.3 is 4.74 Å². The van der Waals surface area contributed by atoms with Crippen molar-refractivity contribution in [2.75, 3.05) is 5.88 Å². The summed E-state index contributed by atoms with van der Waals surface area (Å²) in [4.78, 5) is 84.1. The number of carbonyl (C=O) groups excluding carboxylic acids is 8. The molecule has 3 unspecified atom stereocenters. The Bertz CT molecular complexity index is 2270. The fourth-order valence-electron chi connectivity index (χ4n) is 4.93. The van der Waals surface area contributed by atoms with Crippen LogP contribution in [0.4, 0.5) is 0 Å². The Kier molecular flexibility index (Phi) is 46.7. The van der Waals surface area contributed by atoms with Gasteiger partial charge in [0.05, 0.1) is 11.5 Å². The van der Waals surface area contributed by atoms with Gasteiger partial charge in [0, 0.05) is 30.6 Å². The quantitative estimate of drug-likeness (QED) is 0.0211. The van der Waals surface area contributed by atoms with Gasteiger partial charge in [0.1, 0.15) is 5.75 Å². The fourth-order valence-corrected chi connectivity index (χ4v) is 6.47. The van der Waals surface area contributed by atoms with Crippen LogP contribution in [0.25, 0.3) is 6.08 Å². The molecule has 0 bridgehead atoms. The van der Waals surface area contributed by atoms with Crippen molar-refractivity contribution in [3.05, 3.63) is 155 Å². The first-order valence-corrected chi connectivity index (χ1v) is 26.7. The van der Waals surface area contributed by atoms with Crippen LogP contribution >= 0.6 is 104 Å². The average Bonchev–Trinajstić information content (AvgIpc) is 3.35. The van der Waals surface area contributed by atoms with Crippen molar-refractivity contribution in [2.24, 2.45) is 17.8 Å². The zero-order chi connectivity index (χ0) is 57.2. The molecule has 0 aliphatic rings. The maximum Gasteiger partial charge on any atom is 0.262 e. The minimum atomic E-state index is -0.863. The van der Waals surface area contributed by atoms with Gasteiger partial charge in [0.15, 0.2) is 6.10 Å². The predicted octanol–water partition coefficient (Wildman–Crippen LogP) is 16.6. The summed E-state index contributed by atoms with van der Waals surface area (Å²) in [6.07, 6.45) is 8.20. The molecular weight excluding hydrogens is 1140 g/mol. The van der Waals surface area contributed by atoms with E-state index in [-0.39, 0.29) is 49.5 Å². The SMILES string of the molecule is CC(C)CCC(=O)Cl.CC(CCl)C(=O)Cl.CC(Oc1ccccc1)C(=O)Cl.CCC(C(=O)Cl)c1ccccc1.CCC(CC)C(=O)Cl.Cc1ccc(CC(=O)Cl)cc1.O=C(Cl)C(=CC=Cc1ccccc1)C(=O)Cl. The average molecular weight is 1200 g/mol. The summed E-state index contributed by atoms with van der Waals surface area (Å²) in [7, 11) is 0. The number of para-hydroxylation sites is 1. The Morgan fingerprint density at radius 2 is 1.03 bits per heavy atom. The van der Waals surface area contributed by atoms with E-state index in [1.807, 2.05) is 131 Å². The Morgan fingerprint density at radius 1 is 0.554 bits per heavy atom. The molecule has 406 valence electrons. The van der Waals surface area contributed by atoms with E-state index in [1.165, 1.54) is 11.6 Å². The van der Waals surface area contributed by atoms with E-state index in [0.29, 0.717) is 30.4 Å². The highest BCUT2D eigenvalue weighted by Gasteiger charge is 2.15. The molecule has 0 aliphatic heterocycles. The molecule has 0 saturated carbocycles. The topological polar surface area (TPSA) is 146 Å². The molecule has 9 nitrogen and oxygen atoms in total. The second kappa shape index (κ2) is 46.4. The highest BCUT2D eigenvalue weighted by atomic mass is 35.5. The molecule has 18 heteroatoms. The number of carbonyl (C=O) groups is 8. The Hall–Kier alpha value is -3.87. The van der Waals surface area contributed by atoms with Crippen LogP contribution in [0, 0.1) is 24.7 Å². The molecule has 0 heterocycles. The van der Waals surface area contributed by atoms with E-state index in [2.05, 4.69) is 13.8 Å². The summed E-state index contributed by atoms with van der Waals surface area (Å²) >= 11 is 46.8. The van der Waals surface area contributed by atoms with E-state index < -0.39 is 21.8 Å². The molecule has 0 aliphatic carbocycles. The molecule has 74 heavy (non-hydrogen) atoms. The van der Waals surface area contributed by atoms with Crippen LogP contribution in [0.1, 0.15) is 109 Å². The normalized spacial score (nSPS) is 11.1. The van der Waals surface area contributed by atoms with Gasteiger partial charge in [0.2, 0.25) is 26.2 Å². The summed E-state index contributed by atoms with van der Waals surface area (Å²) in [5.74, 6) is 1.27. The van der Waals surface area contributed by atoms with Crippen molar-refractivity contribution in [3.63, 3.8) is 0 Å². The first-order valence-electron chi connectivity index (χ1n) is 23.1. The standard InChI is InChI=1S/C12H8Cl2O2.C10H11ClO.C9H9ClO2.C9H9ClO.2C6H11ClO.C4H6Cl2O/c13-11(15)10(12(14)16)8-4-7-9-5-2-1-3-6-9;1-2-9(10(11)12)8-6-4-3-5-7-8;1-7(9(10)11)12-8-5-3-2-4-6-8;1-7-2-4-8(5-3-7)6-9(10)11;1-5(2)3-4-6(7)8;1-3-5(4-2)6(7)8;1-3(2-5)4(6)7/h1-8H;3-7,9H,2H2,1H3;2-7H,1H3;2-5H,6H2,1H3;2*5H,3-4H2,1-2H3;3H,2H2,1H3. The van der Waals surface area contributed by atoms with Crippen LogP contribution in [0.15, 0.2) is 133 Å². The van der Waals surface area contributed by atoms with Gasteiger partial charge in [-0.15, -0.1) is 11.6 Å². The zero-order valence-electron chi connectivity index (χ0n) is 42.6. The highest BCUT2D eigenvalue weighted by molar-refractivity contribution is 6.79. The number of halogens is 9. The van der Waals surface area contributed by atoms with Crippen LogP contribution in [0.5, 0.6) is 5.75 Å². The number of ether oxygens (including phenoxy) is 1.